The van der Waals surface area contributed by atoms with Crippen LogP contribution in [0.15, 0.2) is 33.5 Å². The summed E-state index contributed by atoms with van der Waals surface area (Å²) in [6, 6.07) is 4.21. The Morgan fingerprint density at radius 2 is 1.95 bits per heavy atom. The van der Waals surface area contributed by atoms with Gasteiger partial charge in [0.1, 0.15) is 16.9 Å². The molecule has 0 saturated heterocycles. The highest BCUT2D eigenvalue weighted by Gasteiger charge is 2.31. The van der Waals surface area contributed by atoms with Crippen molar-refractivity contribution in [2.24, 2.45) is 0 Å². The van der Waals surface area contributed by atoms with Gasteiger partial charge >= 0.3 is 18.0 Å². The number of fused-ring (bicyclic) bond motifs is 1. The Balaban J connectivity index is 2.53. The van der Waals surface area contributed by atoms with Crippen molar-refractivity contribution in [2.75, 3.05) is 7.11 Å². The maximum Gasteiger partial charge on any atom is 0.573 e. The number of hydrogen-bond donors (Lipinski definition) is 0. The molecule has 20 heavy (non-hydrogen) atoms. The normalized spacial score (nSPS) is 11.4. The third-order valence-corrected chi connectivity index (χ3v) is 2.34. The summed E-state index contributed by atoms with van der Waals surface area (Å²) in [4.78, 5) is 22.8. The van der Waals surface area contributed by atoms with E-state index in [9.17, 15) is 22.8 Å². The van der Waals surface area contributed by atoms with Gasteiger partial charge in [-0.25, -0.2) is 9.59 Å². The number of hydrogen-bond acceptors (Lipinski definition) is 5. The van der Waals surface area contributed by atoms with Crippen LogP contribution in [0.5, 0.6) is 5.75 Å². The van der Waals surface area contributed by atoms with Gasteiger partial charge in [-0.05, 0) is 24.3 Å². The monoisotopic (exact) mass is 288 g/mol. The van der Waals surface area contributed by atoms with Crippen molar-refractivity contribution in [3.8, 4) is 5.75 Å². The summed E-state index contributed by atoms with van der Waals surface area (Å²) in [5.74, 6) is -1.43. The largest absolute Gasteiger partial charge is 0.573 e. The van der Waals surface area contributed by atoms with Crippen molar-refractivity contribution >= 4 is 16.9 Å². The Hall–Kier alpha value is -2.51. The molecule has 2 aromatic rings. The fourth-order valence-corrected chi connectivity index (χ4v) is 1.55. The molecule has 5 nitrogen and oxygen atoms in total. The first-order valence-corrected chi connectivity index (χ1v) is 5.22. The van der Waals surface area contributed by atoms with Crippen LogP contribution in [-0.4, -0.2) is 19.4 Å². The molecule has 0 aliphatic rings. The molecule has 1 heterocycles. The highest BCUT2D eigenvalue weighted by Crippen LogP contribution is 2.26. The molecule has 106 valence electrons. The van der Waals surface area contributed by atoms with E-state index < -0.39 is 29.3 Å². The molecule has 0 aliphatic carbocycles. The molecule has 0 radical (unpaired) electrons. The van der Waals surface area contributed by atoms with Gasteiger partial charge < -0.3 is 13.9 Å². The first-order chi connectivity index (χ1) is 9.30. The van der Waals surface area contributed by atoms with Crippen LogP contribution < -0.4 is 10.4 Å². The van der Waals surface area contributed by atoms with E-state index in [1.807, 2.05) is 0 Å². The van der Waals surface area contributed by atoms with Crippen LogP contribution in [-0.2, 0) is 4.74 Å². The van der Waals surface area contributed by atoms with Crippen LogP contribution in [0, 0.1) is 0 Å². The number of benzene rings is 1. The molecule has 1 aromatic carbocycles. The van der Waals surface area contributed by atoms with Crippen LogP contribution in [0.25, 0.3) is 11.0 Å². The first-order valence-electron chi connectivity index (χ1n) is 5.22. The highest BCUT2D eigenvalue weighted by molar-refractivity contribution is 5.93. The molecule has 0 fully saturated rings. The molecule has 0 saturated carbocycles. The molecular weight excluding hydrogens is 281 g/mol. The summed E-state index contributed by atoms with van der Waals surface area (Å²) in [7, 11) is 1.06. The van der Waals surface area contributed by atoms with Crippen LogP contribution in [0.4, 0.5) is 13.2 Å². The van der Waals surface area contributed by atoms with Gasteiger partial charge in [0.2, 0.25) is 0 Å². The van der Waals surface area contributed by atoms with E-state index in [1.165, 1.54) is 0 Å². The van der Waals surface area contributed by atoms with Crippen LogP contribution in [0.1, 0.15) is 10.4 Å². The van der Waals surface area contributed by atoms with Gasteiger partial charge in [0.25, 0.3) is 0 Å². The molecule has 2 rings (SSSR count). The van der Waals surface area contributed by atoms with E-state index in [1.54, 1.807) is 0 Å². The standard InChI is InChI=1S/C12H7F3O5/c1-18-10(16)8-5-6-4-7(20-12(13,14)15)2-3-9(6)19-11(8)17/h2-5H,1H3. The molecule has 0 spiro atoms. The fourth-order valence-electron chi connectivity index (χ4n) is 1.55. The van der Waals surface area contributed by atoms with E-state index >= 15 is 0 Å². The summed E-state index contributed by atoms with van der Waals surface area (Å²) in [5.41, 5.74) is -1.32. The number of rotatable bonds is 2. The van der Waals surface area contributed by atoms with Gasteiger partial charge in [-0.3, -0.25) is 0 Å². The van der Waals surface area contributed by atoms with E-state index in [0.717, 1.165) is 31.4 Å². The lowest BCUT2D eigenvalue weighted by Gasteiger charge is -2.09. The van der Waals surface area contributed by atoms with E-state index in [4.69, 9.17) is 4.42 Å². The predicted molar refractivity (Wildman–Crippen MR) is 60.5 cm³/mol. The average Bonchev–Trinajstić information content (AvgIpc) is 2.35. The number of esters is 1. The summed E-state index contributed by atoms with van der Waals surface area (Å²) >= 11 is 0. The Kier molecular flexibility index (Phi) is 3.39. The molecule has 0 atom stereocenters. The third kappa shape index (κ3) is 2.90. The topological polar surface area (TPSA) is 65.7 Å². The Morgan fingerprint density at radius 1 is 1.25 bits per heavy atom. The Labute approximate surface area is 109 Å². The summed E-state index contributed by atoms with van der Waals surface area (Å²) in [5, 5.41) is 0.103. The van der Waals surface area contributed by atoms with Gasteiger partial charge in [-0.15, -0.1) is 13.2 Å². The van der Waals surface area contributed by atoms with E-state index in [0.29, 0.717) is 0 Å². The number of halogens is 3. The van der Waals surface area contributed by atoms with Crippen molar-refractivity contribution in [3.05, 3.63) is 40.2 Å². The van der Waals surface area contributed by atoms with Gasteiger partial charge in [0.05, 0.1) is 7.11 Å². The van der Waals surface area contributed by atoms with Crippen molar-refractivity contribution < 1.29 is 31.9 Å². The van der Waals surface area contributed by atoms with Crippen LogP contribution in [0.3, 0.4) is 0 Å². The maximum absolute atomic E-state index is 12.1. The number of methoxy groups -OCH3 is 1. The number of alkyl halides is 3. The third-order valence-electron chi connectivity index (χ3n) is 2.34. The first kappa shape index (κ1) is 13.9. The maximum atomic E-state index is 12.1. The van der Waals surface area contributed by atoms with Gasteiger partial charge in [0.15, 0.2) is 0 Å². The smallest absolute Gasteiger partial charge is 0.465 e. The van der Waals surface area contributed by atoms with Crippen molar-refractivity contribution in [1.82, 2.24) is 0 Å². The minimum atomic E-state index is -4.84. The second kappa shape index (κ2) is 4.87. The number of ether oxygens (including phenoxy) is 2. The zero-order valence-corrected chi connectivity index (χ0v) is 9.98. The number of carbonyl (C=O) groups is 1. The summed E-state index contributed by atoms with van der Waals surface area (Å²) in [6.07, 6.45) is -4.84. The van der Waals surface area contributed by atoms with Crippen molar-refractivity contribution in [1.29, 1.82) is 0 Å². The lowest BCUT2D eigenvalue weighted by molar-refractivity contribution is -0.274. The molecule has 0 aliphatic heterocycles. The molecular formula is C12H7F3O5. The Morgan fingerprint density at radius 3 is 2.55 bits per heavy atom. The Bertz CT molecular complexity index is 717. The van der Waals surface area contributed by atoms with Crippen LogP contribution >= 0.6 is 0 Å². The molecule has 8 heteroatoms. The molecule has 1 aromatic heterocycles. The SMILES string of the molecule is COC(=O)c1cc2cc(OC(F)(F)F)ccc2oc1=O. The average molecular weight is 288 g/mol. The molecule has 0 N–H and O–H groups in total. The second-order valence-corrected chi connectivity index (χ2v) is 3.69. The zero-order valence-electron chi connectivity index (χ0n) is 9.98. The number of carbonyl (C=O) groups excluding carboxylic acids is 1. The van der Waals surface area contributed by atoms with Gasteiger partial charge in [0, 0.05) is 5.39 Å². The predicted octanol–water partition coefficient (Wildman–Crippen LogP) is 2.48. The minimum Gasteiger partial charge on any atom is -0.465 e. The van der Waals surface area contributed by atoms with Crippen molar-refractivity contribution in [2.45, 2.75) is 6.36 Å². The quantitative estimate of drug-likeness (QED) is 0.627. The highest BCUT2D eigenvalue weighted by atomic mass is 19.4. The lowest BCUT2D eigenvalue weighted by Crippen LogP contribution is -2.17. The summed E-state index contributed by atoms with van der Waals surface area (Å²) in [6.45, 7) is 0. The molecule has 0 unspecified atom stereocenters. The van der Waals surface area contributed by atoms with E-state index in [-0.39, 0.29) is 11.0 Å². The van der Waals surface area contributed by atoms with E-state index in [2.05, 4.69) is 9.47 Å². The second-order valence-electron chi connectivity index (χ2n) is 3.69. The zero-order chi connectivity index (χ0) is 14.9. The van der Waals surface area contributed by atoms with Crippen LogP contribution in [0.2, 0.25) is 0 Å². The lowest BCUT2D eigenvalue weighted by atomic mass is 10.2. The van der Waals surface area contributed by atoms with Crippen molar-refractivity contribution in [3.63, 3.8) is 0 Å². The summed E-state index contributed by atoms with van der Waals surface area (Å²) < 4.78 is 49.2. The minimum absolute atomic E-state index is 0.0252. The molecule has 0 bridgehead atoms. The molecule has 0 amide bonds. The van der Waals surface area contributed by atoms with Gasteiger partial charge in [-0.1, -0.05) is 0 Å². The van der Waals surface area contributed by atoms with Gasteiger partial charge in [-0.2, -0.15) is 0 Å². The fraction of sp³-hybridized carbons (Fsp3) is 0.167.